The highest BCUT2D eigenvalue weighted by atomic mass is 16.3. The molecule has 1 heterocycles. The SMILES string of the molecule is OC1CCC2C(CCC3C(O)C(O)CCC23)N1. The number of hydrogen-bond acceptors (Lipinski definition) is 4. The van der Waals surface area contributed by atoms with E-state index in [2.05, 4.69) is 5.32 Å². The summed E-state index contributed by atoms with van der Waals surface area (Å²) in [5, 5.41) is 32.8. The molecule has 0 amide bonds. The van der Waals surface area contributed by atoms with Crippen molar-refractivity contribution in [3.05, 3.63) is 0 Å². The van der Waals surface area contributed by atoms with Gasteiger partial charge in [-0.15, -0.1) is 0 Å². The highest BCUT2D eigenvalue weighted by Gasteiger charge is 2.47. The molecule has 2 aliphatic carbocycles. The second-order valence-electron chi connectivity index (χ2n) is 6.07. The first-order valence-electron chi connectivity index (χ1n) is 6.97. The van der Waals surface area contributed by atoms with Gasteiger partial charge < -0.3 is 15.3 Å². The Labute approximate surface area is 102 Å². The van der Waals surface area contributed by atoms with E-state index < -0.39 is 12.2 Å². The van der Waals surface area contributed by atoms with E-state index in [0.29, 0.717) is 17.9 Å². The van der Waals surface area contributed by atoms with Crippen molar-refractivity contribution in [2.45, 2.75) is 63.0 Å². The van der Waals surface area contributed by atoms with Crippen molar-refractivity contribution >= 4 is 0 Å². The van der Waals surface area contributed by atoms with Gasteiger partial charge in [-0.3, -0.25) is 5.32 Å². The maximum absolute atomic E-state index is 10.1. The Bertz CT molecular complexity index is 286. The molecule has 3 fully saturated rings. The van der Waals surface area contributed by atoms with Gasteiger partial charge in [-0.1, -0.05) is 0 Å². The molecule has 3 rings (SSSR count). The molecule has 4 N–H and O–H groups in total. The fourth-order valence-corrected chi connectivity index (χ4v) is 4.39. The van der Waals surface area contributed by atoms with Gasteiger partial charge in [-0.2, -0.15) is 0 Å². The lowest BCUT2D eigenvalue weighted by Gasteiger charge is -2.51. The Hall–Kier alpha value is -0.160. The quantitative estimate of drug-likeness (QED) is 0.489. The van der Waals surface area contributed by atoms with Crippen LogP contribution in [-0.2, 0) is 0 Å². The van der Waals surface area contributed by atoms with Crippen LogP contribution in [0.3, 0.4) is 0 Å². The van der Waals surface area contributed by atoms with Crippen LogP contribution in [0.1, 0.15) is 38.5 Å². The topological polar surface area (TPSA) is 72.7 Å². The van der Waals surface area contributed by atoms with Gasteiger partial charge in [0, 0.05) is 6.04 Å². The fourth-order valence-electron chi connectivity index (χ4n) is 4.39. The summed E-state index contributed by atoms with van der Waals surface area (Å²) in [5.74, 6) is 1.39. The Morgan fingerprint density at radius 3 is 2.24 bits per heavy atom. The van der Waals surface area contributed by atoms with E-state index in [9.17, 15) is 15.3 Å². The molecular weight excluding hydrogens is 218 g/mol. The van der Waals surface area contributed by atoms with Gasteiger partial charge in [-0.25, -0.2) is 0 Å². The van der Waals surface area contributed by atoms with Crippen LogP contribution in [0.2, 0.25) is 0 Å². The zero-order chi connectivity index (χ0) is 12.0. The number of aliphatic hydroxyl groups excluding tert-OH is 3. The monoisotopic (exact) mass is 241 g/mol. The molecule has 0 bridgehead atoms. The first-order valence-corrected chi connectivity index (χ1v) is 6.97. The van der Waals surface area contributed by atoms with Gasteiger partial charge >= 0.3 is 0 Å². The third-order valence-electron chi connectivity index (χ3n) is 5.24. The van der Waals surface area contributed by atoms with Crippen molar-refractivity contribution < 1.29 is 15.3 Å². The van der Waals surface area contributed by atoms with Crippen LogP contribution in [0.15, 0.2) is 0 Å². The molecule has 0 spiro atoms. The van der Waals surface area contributed by atoms with E-state index >= 15 is 0 Å². The second-order valence-corrected chi connectivity index (χ2v) is 6.07. The highest BCUT2D eigenvalue weighted by molar-refractivity contribution is 4.99. The van der Waals surface area contributed by atoms with Gasteiger partial charge in [-0.05, 0) is 56.3 Å². The molecule has 1 saturated heterocycles. The number of nitrogens with one attached hydrogen (secondary N) is 1. The molecule has 3 aliphatic rings. The van der Waals surface area contributed by atoms with Crippen LogP contribution in [0.5, 0.6) is 0 Å². The first-order chi connectivity index (χ1) is 8.16. The zero-order valence-electron chi connectivity index (χ0n) is 10.1. The average molecular weight is 241 g/mol. The maximum Gasteiger partial charge on any atom is 0.105 e. The molecule has 0 aromatic rings. The standard InChI is InChI=1S/C13H23NO3/c15-11-5-2-7-8-3-6-12(16)14-10(8)4-1-9(7)13(11)17/h7-17H,1-6H2. The molecule has 17 heavy (non-hydrogen) atoms. The Morgan fingerprint density at radius 2 is 1.41 bits per heavy atom. The van der Waals surface area contributed by atoms with Crippen molar-refractivity contribution in [3.63, 3.8) is 0 Å². The molecule has 7 atom stereocenters. The first kappa shape index (κ1) is 11.9. The molecule has 0 aromatic heterocycles. The summed E-state index contributed by atoms with van der Waals surface area (Å²) in [4.78, 5) is 0. The van der Waals surface area contributed by atoms with Gasteiger partial charge in [0.15, 0.2) is 0 Å². The van der Waals surface area contributed by atoms with Crippen LogP contribution < -0.4 is 5.32 Å². The molecule has 0 radical (unpaired) electrons. The van der Waals surface area contributed by atoms with Crippen molar-refractivity contribution in [1.29, 1.82) is 0 Å². The summed E-state index contributed by atoms with van der Waals surface area (Å²) < 4.78 is 0. The maximum atomic E-state index is 10.1. The van der Waals surface area contributed by atoms with Gasteiger partial charge in [0.25, 0.3) is 0 Å². The number of fused-ring (bicyclic) bond motifs is 3. The lowest BCUT2D eigenvalue weighted by Crippen LogP contribution is -2.57. The molecule has 98 valence electrons. The predicted octanol–water partition coefficient (Wildman–Crippen LogP) is 0.215. The fraction of sp³-hybridized carbons (Fsp3) is 1.00. The summed E-state index contributed by atoms with van der Waals surface area (Å²) in [6.45, 7) is 0. The van der Waals surface area contributed by atoms with E-state index in [4.69, 9.17) is 0 Å². The number of hydrogen-bond donors (Lipinski definition) is 4. The van der Waals surface area contributed by atoms with Crippen molar-refractivity contribution in [2.24, 2.45) is 17.8 Å². The van der Waals surface area contributed by atoms with E-state index in [1.807, 2.05) is 0 Å². The number of piperidine rings is 1. The van der Waals surface area contributed by atoms with Gasteiger partial charge in [0.05, 0.1) is 12.2 Å². The predicted molar refractivity (Wildman–Crippen MR) is 63.1 cm³/mol. The van der Waals surface area contributed by atoms with Crippen LogP contribution >= 0.6 is 0 Å². The molecular formula is C13H23NO3. The van der Waals surface area contributed by atoms with E-state index in [0.717, 1.165) is 38.5 Å². The molecule has 2 saturated carbocycles. The molecule has 0 aromatic carbocycles. The largest absolute Gasteiger partial charge is 0.390 e. The lowest BCUT2D eigenvalue weighted by molar-refractivity contribution is -0.110. The summed E-state index contributed by atoms with van der Waals surface area (Å²) >= 11 is 0. The van der Waals surface area contributed by atoms with Gasteiger partial charge in [0.1, 0.15) is 6.23 Å². The Morgan fingerprint density at radius 1 is 0.706 bits per heavy atom. The van der Waals surface area contributed by atoms with Crippen LogP contribution in [0.25, 0.3) is 0 Å². The van der Waals surface area contributed by atoms with Crippen LogP contribution in [0.4, 0.5) is 0 Å². The smallest absolute Gasteiger partial charge is 0.105 e. The Kier molecular flexibility index (Phi) is 3.15. The highest BCUT2D eigenvalue weighted by Crippen LogP contribution is 2.47. The number of rotatable bonds is 0. The number of aliphatic hydroxyl groups is 3. The molecule has 4 nitrogen and oxygen atoms in total. The normalized spacial score (nSPS) is 54.9. The average Bonchev–Trinajstić information content (AvgIpc) is 2.33. The van der Waals surface area contributed by atoms with Crippen molar-refractivity contribution in [2.75, 3.05) is 0 Å². The van der Waals surface area contributed by atoms with E-state index in [1.54, 1.807) is 0 Å². The van der Waals surface area contributed by atoms with Crippen molar-refractivity contribution in [3.8, 4) is 0 Å². The Balaban J connectivity index is 1.75. The minimum Gasteiger partial charge on any atom is -0.390 e. The van der Waals surface area contributed by atoms with E-state index in [1.165, 1.54) is 0 Å². The molecule has 4 heteroatoms. The summed E-state index contributed by atoms with van der Waals surface area (Å²) in [6, 6.07) is 0.419. The third kappa shape index (κ3) is 2.01. The van der Waals surface area contributed by atoms with Gasteiger partial charge in [0.2, 0.25) is 0 Å². The van der Waals surface area contributed by atoms with E-state index in [-0.39, 0.29) is 12.1 Å². The minimum absolute atomic E-state index is 0.275. The lowest BCUT2D eigenvalue weighted by atomic mass is 9.60. The zero-order valence-corrected chi connectivity index (χ0v) is 10.1. The van der Waals surface area contributed by atoms with Crippen LogP contribution in [0, 0.1) is 17.8 Å². The third-order valence-corrected chi connectivity index (χ3v) is 5.24. The molecule has 1 aliphatic heterocycles. The minimum atomic E-state index is -0.526. The summed E-state index contributed by atoms with van der Waals surface area (Å²) in [7, 11) is 0. The molecule has 7 unspecified atom stereocenters. The summed E-state index contributed by atoms with van der Waals surface area (Å²) in [5.41, 5.74) is 0. The van der Waals surface area contributed by atoms with Crippen molar-refractivity contribution in [1.82, 2.24) is 5.32 Å². The summed E-state index contributed by atoms with van der Waals surface area (Å²) in [6.07, 6.45) is 4.25. The second kappa shape index (κ2) is 4.50. The van der Waals surface area contributed by atoms with Crippen LogP contribution in [-0.4, -0.2) is 39.8 Å².